The van der Waals surface area contributed by atoms with Crippen molar-refractivity contribution in [3.8, 4) is 0 Å². The molecule has 1 aromatic rings. The molecule has 0 aromatic heterocycles. The maximum absolute atomic E-state index is 11.6. The zero-order valence-electron chi connectivity index (χ0n) is 11.2. The molecule has 1 saturated carbocycles. The average molecular weight is 260 g/mol. The summed E-state index contributed by atoms with van der Waals surface area (Å²) in [5, 5.41) is 12.8. The van der Waals surface area contributed by atoms with Crippen LogP contribution in [0.4, 0.5) is 5.69 Å². The molecule has 0 spiro atoms. The molecule has 1 aliphatic carbocycles. The van der Waals surface area contributed by atoms with Gasteiger partial charge in [-0.05, 0) is 37.8 Å². The first-order valence-electron chi connectivity index (χ1n) is 6.92. The largest absolute Gasteiger partial charge is 0.480 e. The number of hydrogen-bond acceptors (Lipinski definition) is 3. The Kier molecular flexibility index (Phi) is 2.97. The molecular weight excluding hydrogens is 240 g/mol. The average Bonchev–Trinajstić information content (AvgIpc) is 3.10. The van der Waals surface area contributed by atoms with E-state index in [4.69, 9.17) is 0 Å². The monoisotopic (exact) mass is 260 g/mol. The summed E-state index contributed by atoms with van der Waals surface area (Å²) < 4.78 is 0. The first kappa shape index (κ1) is 12.5. The van der Waals surface area contributed by atoms with Crippen molar-refractivity contribution in [3.05, 3.63) is 29.8 Å². The Morgan fingerprint density at radius 3 is 2.89 bits per heavy atom. The fourth-order valence-corrected chi connectivity index (χ4v) is 2.81. The molecule has 1 aliphatic heterocycles. The molecule has 19 heavy (non-hydrogen) atoms. The fourth-order valence-electron chi connectivity index (χ4n) is 2.81. The van der Waals surface area contributed by atoms with E-state index in [-0.39, 0.29) is 0 Å². The number of nitrogens with zero attached hydrogens (tertiary/aromatic N) is 1. The number of para-hydroxylation sites is 1. The summed E-state index contributed by atoms with van der Waals surface area (Å²) >= 11 is 0. The van der Waals surface area contributed by atoms with E-state index in [1.165, 1.54) is 11.3 Å². The molecule has 1 heterocycles. The molecule has 0 amide bonds. The smallest absolute Gasteiger partial charge is 0.325 e. The van der Waals surface area contributed by atoms with Gasteiger partial charge in [-0.3, -0.25) is 10.1 Å². The van der Waals surface area contributed by atoms with E-state index in [0.717, 1.165) is 25.8 Å². The van der Waals surface area contributed by atoms with Crippen LogP contribution in [0.2, 0.25) is 0 Å². The maximum Gasteiger partial charge on any atom is 0.325 e. The lowest BCUT2D eigenvalue weighted by Crippen LogP contribution is -2.57. The van der Waals surface area contributed by atoms with E-state index >= 15 is 0 Å². The highest BCUT2D eigenvalue weighted by Gasteiger charge is 2.40. The van der Waals surface area contributed by atoms with E-state index in [1.807, 2.05) is 12.1 Å². The lowest BCUT2D eigenvalue weighted by atomic mass is 10.0. The number of fused-ring (bicyclic) bond motifs is 1. The van der Waals surface area contributed by atoms with E-state index in [0.29, 0.717) is 12.6 Å². The summed E-state index contributed by atoms with van der Waals surface area (Å²) in [6.07, 6.45) is 3.20. The number of carbonyl (C=O) groups is 1. The normalized spacial score (nSPS) is 21.0. The minimum absolute atomic E-state index is 0.388. The highest BCUT2D eigenvalue weighted by atomic mass is 16.4. The van der Waals surface area contributed by atoms with E-state index in [1.54, 1.807) is 6.92 Å². The number of carboxylic acids is 1. The van der Waals surface area contributed by atoms with Gasteiger partial charge in [0.15, 0.2) is 0 Å². The first-order valence-corrected chi connectivity index (χ1v) is 6.92. The van der Waals surface area contributed by atoms with Gasteiger partial charge in [0.1, 0.15) is 5.54 Å². The van der Waals surface area contributed by atoms with Crippen LogP contribution in [0.5, 0.6) is 0 Å². The summed E-state index contributed by atoms with van der Waals surface area (Å²) in [5.74, 6) is -0.760. The number of nitrogens with one attached hydrogen (secondary N) is 1. The van der Waals surface area contributed by atoms with E-state index in [9.17, 15) is 9.90 Å². The molecule has 0 saturated heterocycles. The second kappa shape index (κ2) is 4.53. The molecule has 102 valence electrons. The Labute approximate surface area is 113 Å². The second-order valence-electron chi connectivity index (χ2n) is 5.86. The summed E-state index contributed by atoms with van der Waals surface area (Å²) in [5.41, 5.74) is 1.65. The van der Waals surface area contributed by atoms with Crippen molar-refractivity contribution >= 4 is 11.7 Å². The molecule has 0 radical (unpaired) electrons. The molecule has 4 heteroatoms. The fraction of sp³-hybridized carbons (Fsp3) is 0.533. The second-order valence-corrected chi connectivity index (χ2v) is 5.86. The molecule has 1 unspecified atom stereocenters. The third-order valence-corrected chi connectivity index (χ3v) is 4.06. The predicted octanol–water partition coefficient (Wildman–Crippen LogP) is 1.64. The highest BCUT2D eigenvalue weighted by molar-refractivity contribution is 5.80. The molecule has 2 N–H and O–H groups in total. The van der Waals surface area contributed by atoms with Gasteiger partial charge in [-0.15, -0.1) is 0 Å². The molecular formula is C15H20N2O2. The highest BCUT2D eigenvalue weighted by Crippen LogP contribution is 2.30. The summed E-state index contributed by atoms with van der Waals surface area (Å²) in [6.45, 7) is 3.24. The van der Waals surface area contributed by atoms with Crippen molar-refractivity contribution in [2.75, 3.05) is 18.0 Å². The van der Waals surface area contributed by atoms with Crippen molar-refractivity contribution in [2.24, 2.45) is 0 Å². The number of anilines is 1. The molecule has 1 fully saturated rings. The predicted molar refractivity (Wildman–Crippen MR) is 74.6 cm³/mol. The van der Waals surface area contributed by atoms with Gasteiger partial charge in [0.25, 0.3) is 0 Å². The number of benzene rings is 1. The standard InChI is InChI=1S/C15H20N2O2/c1-15(14(18)19,16-12-6-7-12)10-17-9-8-11-4-2-3-5-13(11)17/h2-5,12,16H,6-10H2,1H3,(H,18,19). The first-order chi connectivity index (χ1) is 9.08. The van der Waals surface area contributed by atoms with E-state index in [2.05, 4.69) is 22.3 Å². The van der Waals surface area contributed by atoms with Gasteiger partial charge in [-0.1, -0.05) is 18.2 Å². The molecule has 3 rings (SSSR count). The zero-order chi connectivity index (χ0) is 13.5. The summed E-state index contributed by atoms with van der Waals surface area (Å²) in [4.78, 5) is 13.8. The van der Waals surface area contributed by atoms with Crippen LogP contribution in [0, 0.1) is 0 Å². The van der Waals surface area contributed by atoms with Crippen molar-refractivity contribution in [3.63, 3.8) is 0 Å². The SMILES string of the molecule is CC(CN1CCc2ccccc21)(NC1CC1)C(=O)O. The van der Waals surface area contributed by atoms with Crippen LogP contribution in [-0.4, -0.2) is 35.7 Å². The Hall–Kier alpha value is -1.55. The Morgan fingerprint density at radius 2 is 2.21 bits per heavy atom. The Bertz CT molecular complexity index is 499. The van der Waals surface area contributed by atoms with Crippen LogP contribution < -0.4 is 10.2 Å². The van der Waals surface area contributed by atoms with Crippen LogP contribution in [0.3, 0.4) is 0 Å². The van der Waals surface area contributed by atoms with Gasteiger partial charge >= 0.3 is 5.97 Å². The Morgan fingerprint density at radius 1 is 1.47 bits per heavy atom. The van der Waals surface area contributed by atoms with Gasteiger partial charge in [-0.25, -0.2) is 0 Å². The summed E-state index contributed by atoms with van der Waals surface area (Å²) in [7, 11) is 0. The van der Waals surface area contributed by atoms with Gasteiger partial charge < -0.3 is 10.0 Å². The lowest BCUT2D eigenvalue weighted by molar-refractivity contribution is -0.143. The van der Waals surface area contributed by atoms with E-state index < -0.39 is 11.5 Å². The maximum atomic E-state index is 11.6. The molecule has 2 aliphatic rings. The quantitative estimate of drug-likeness (QED) is 0.845. The van der Waals surface area contributed by atoms with Gasteiger partial charge in [0.2, 0.25) is 0 Å². The molecule has 4 nitrogen and oxygen atoms in total. The van der Waals surface area contributed by atoms with Crippen LogP contribution in [-0.2, 0) is 11.2 Å². The van der Waals surface area contributed by atoms with Crippen LogP contribution in [0.1, 0.15) is 25.3 Å². The molecule has 1 aromatic carbocycles. The Balaban J connectivity index is 1.77. The number of aliphatic carboxylic acids is 1. The number of carboxylic acid groups (broad SMARTS) is 1. The van der Waals surface area contributed by atoms with Crippen LogP contribution in [0.25, 0.3) is 0 Å². The minimum atomic E-state index is -0.862. The molecule has 1 atom stereocenters. The lowest BCUT2D eigenvalue weighted by Gasteiger charge is -2.32. The number of hydrogen-bond donors (Lipinski definition) is 2. The van der Waals surface area contributed by atoms with Crippen molar-refractivity contribution in [1.29, 1.82) is 0 Å². The van der Waals surface area contributed by atoms with Crippen molar-refractivity contribution < 1.29 is 9.90 Å². The van der Waals surface area contributed by atoms with Crippen molar-refractivity contribution in [2.45, 2.75) is 37.8 Å². The van der Waals surface area contributed by atoms with Gasteiger partial charge in [0.05, 0.1) is 0 Å². The topological polar surface area (TPSA) is 52.6 Å². The minimum Gasteiger partial charge on any atom is -0.480 e. The summed E-state index contributed by atoms with van der Waals surface area (Å²) in [6, 6.07) is 8.66. The third-order valence-electron chi connectivity index (χ3n) is 4.06. The van der Waals surface area contributed by atoms with Gasteiger partial charge in [-0.2, -0.15) is 0 Å². The third kappa shape index (κ3) is 2.45. The zero-order valence-corrected chi connectivity index (χ0v) is 11.2. The van der Waals surface area contributed by atoms with Gasteiger partial charge in [0, 0.05) is 24.8 Å². The molecule has 0 bridgehead atoms. The van der Waals surface area contributed by atoms with Crippen LogP contribution >= 0.6 is 0 Å². The van der Waals surface area contributed by atoms with Crippen molar-refractivity contribution in [1.82, 2.24) is 5.32 Å². The van der Waals surface area contributed by atoms with Crippen LogP contribution in [0.15, 0.2) is 24.3 Å². The number of rotatable bonds is 5.